The highest BCUT2D eigenvalue weighted by Crippen LogP contribution is 2.37. The highest BCUT2D eigenvalue weighted by molar-refractivity contribution is 8.01. The Hall–Kier alpha value is -2.53. The third-order valence-electron chi connectivity index (χ3n) is 4.86. The minimum Gasteiger partial charge on any atom is -0.356 e. The first-order valence-electron chi connectivity index (χ1n) is 9.97. The Morgan fingerprint density at radius 2 is 1.91 bits per heavy atom. The summed E-state index contributed by atoms with van der Waals surface area (Å²) < 4.78 is 0.767. The van der Waals surface area contributed by atoms with Gasteiger partial charge in [-0.05, 0) is 28.5 Å². The Balaban J connectivity index is 1.22. The van der Waals surface area contributed by atoms with Gasteiger partial charge in [-0.1, -0.05) is 65.6 Å². The molecule has 1 aromatic carbocycles. The zero-order chi connectivity index (χ0) is 21.8. The van der Waals surface area contributed by atoms with Gasteiger partial charge in [0, 0.05) is 17.8 Å². The summed E-state index contributed by atoms with van der Waals surface area (Å²) in [5, 5.41) is 22.9. The highest BCUT2D eigenvalue weighted by Gasteiger charge is 2.34. The molecule has 1 amide bonds. The second-order valence-electron chi connectivity index (χ2n) is 7.00. The Morgan fingerprint density at radius 3 is 2.69 bits per heavy atom. The number of benzene rings is 1. The lowest BCUT2D eigenvalue weighted by atomic mass is 10.1. The van der Waals surface area contributed by atoms with Crippen LogP contribution in [0.15, 0.2) is 74.8 Å². The van der Waals surface area contributed by atoms with Crippen molar-refractivity contribution >= 4 is 62.5 Å². The number of hydrazone groups is 1. The van der Waals surface area contributed by atoms with Crippen LogP contribution in [0.1, 0.15) is 27.8 Å². The Labute approximate surface area is 202 Å². The van der Waals surface area contributed by atoms with E-state index in [4.69, 9.17) is 5.10 Å². The lowest BCUT2D eigenvalue weighted by Gasteiger charge is -2.20. The van der Waals surface area contributed by atoms with Crippen molar-refractivity contribution in [3.63, 3.8) is 0 Å². The topological polar surface area (TPSA) is 70.5 Å². The maximum Gasteiger partial charge on any atom is 0.253 e. The van der Waals surface area contributed by atoms with Crippen LogP contribution >= 0.6 is 45.8 Å². The van der Waals surface area contributed by atoms with Gasteiger partial charge in [0.1, 0.15) is 0 Å². The number of hydrogen-bond acceptors (Lipinski definition) is 9. The summed E-state index contributed by atoms with van der Waals surface area (Å²) in [4.78, 5) is 15.4. The molecule has 4 heterocycles. The molecule has 6 nitrogen and oxygen atoms in total. The molecule has 1 N–H and O–H groups in total. The first-order valence-corrected chi connectivity index (χ1v) is 13.5. The molecular formula is C22H19N5OS4. The van der Waals surface area contributed by atoms with Crippen molar-refractivity contribution < 1.29 is 4.79 Å². The average molecular weight is 498 g/mol. The van der Waals surface area contributed by atoms with Gasteiger partial charge >= 0.3 is 0 Å². The number of rotatable bonds is 8. The molecule has 0 saturated heterocycles. The van der Waals surface area contributed by atoms with Crippen LogP contribution in [0.25, 0.3) is 0 Å². The van der Waals surface area contributed by atoms with E-state index >= 15 is 0 Å². The molecule has 1 unspecified atom stereocenters. The third kappa shape index (κ3) is 4.93. The zero-order valence-electron chi connectivity index (χ0n) is 16.9. The smallest absolute Gasteiger partial charge is 0.253 e. The quantitative estimate of drug-likeness (QED) is 0.314. The number of hydrogen-bond donors (Lipinski definition) is 1. The largest absolute Gasteiger partial charge is 0.356 e. The predicted molar refractivity (Wildman–Crippen MR) is 134 cm³/mol. The molecule has 0 fully saturated rings. The van der Waals surface area contributed by atoms with Gasteiger partial charge in [-0.3, -0.25) is 4.79 Å². The minimum absolute atomic E-state index is 0.0195. The number of amides is 1. The van der Waals surface area contributed by atoms with Crippen LogP contribution in [0.5, 0.6) is 0 Å². The first-order chi connectivity index (χ1) is 15.8. The van der Waals surface area contributed by atoms with E-state index in [2.05, 4.69) is 39.8 Å². The molecule has 1 atom stereocenters. The summed E-state index contributed by atoms with van der Waals surface area (Å²) in [6.07, 6.45) is 0.740. The normalized spacial score (nSPS) is 15.7. The van der Waals surface area contributed by atoms with Gasteiger partial charge in [0.2, 0.25) is 5.13 Å². The summed E-state index contributed by atoms with van der Waals surface area (Å²) in [5.74, 6) is 0.255. The van der Waals surface area contributed by atoms with Crippen LogP contribution in [0.4, 0.5) is 5.13 Å². The Morgan fingerprint density at radius 1 is 1.06 bits per heavy atom. The molecule has 0 spiro atoms. The predicted octanol–water partition coefficient (Wildman–Crippen LogP) is 5.74. The van der Waals surface area contributed by atoms with E-state index in [-0.39, 0.29) is 17.7 Å². The molecule has 3 aromatic heterocycles. The molecule has 1 aliphatic rings. The van der Waals surface area contributed by atoms with Crippen LogP contribution < -0.4 is 5.32 Å². The molecule has 162 valence electrons. The van der Waals surface area contributed by atoms with Crippen LogP contribution in [0.3, 0.4) is 0 Å². The molecule has 0 radical (unpaired) electrons. The van der Waals surface area contributed by atoms with Crippen LogP contribution in [-0.2, 0) is 11.3 Å². The summed E-state index contributed by atoms with van der Waals surface area (Å²) >= 11 is 6.18. The molecule has 32 heavy (non-hydrogen) atoms. The fourth-order valence-electron chi connectivity index (χ4n) is 3.34. The minimum atomic E-state index is -0.0438. The molecule has 0 saturated carbocycles. The van der Waals surface area contributed by atoms with Gasteiger partial charge in [-0.25, -0.2) is 5.01 Å². The number of nitrogens with zero attached hydrogens (tertiary/aromatic N) is 4. The van der Waals surface area contributed by atoms with Crippen LogP contribution in [-0.4, -0.2) is 32.6 Å². The SMILES string of the molecule is O=C(CSc1nnc(NCc2ccccc2)s1)N1N=C(c2cccs2)CC1c1cccs1. The van der Waals surface area contributed by atoms with E-state index in [0.717, 1.165) is 31.4 Å². The van der Waals surface area contributed by atoms with Gasteiger partial charge in [-0.15, -0.1) is 32.9 Å². The molecule has 1 aliphatic heterocycles. The van der Waals surface area contributed by atoms with Crippen molar-refractivity contribution in [2.24, 2.45) is 5.10 Å². The van der Waals surface area contributed by atoms with Crippen LogP contribution in [0.2, 0.25) is 0 Å². The van der Waals surface area contributed by atoms with E-state index < -0.39 is 0 Å². The Bertz CT molecular complexity index is 1190. The molecule has 10 heteroatoms. The average Bonchev–Trinajstić information content (AvgIpc) is 3.63. The van der Waals surface area contributed by atoms with Crippen molar-refractivity contribution in [1.82, 2.24) is 15.2 Å². The van der Waals surface area contributed by atoms with E-state index in [0.29, 0.717) is 6.54 Å². The van der Waals surface area contributed by atoms with E-state index in [1.165, 1.54) is 28.7 Å². The van der Waals surface area contributed by atoms with E-state index in [1.807, 2.05) is 41.1 Å². The number of aromatic nitrogens is 2. The van der Waals surface area contributed by atoms with Gasteiger partial charge in [0.05, 0.1) is 22.4 Å². The second kappa shape index (κ2) is 9.95. The number of anilines is 1. The number of thioether (sulfide) groups is 1. The van der Waals surface area contributed by atoms with Crippen molar-refractivity contribution in [1.29, 1.82) is 0 Å². The molecule has 5 rings (SSSR count). The monoisotopic (exact) mass is 497 g/mol. The van der Waals surface area contributed by atoms with Crippen LogP contribution in [0, 0.1) is 0 Å². The molecular weight excluding hydrogens is 479 g/mol. The van der Waals surface area contributed by atoms with Gasteiger partial charge in [0.25, 0.3) is 5.91 Å². The summed E-state index contributed by atoms with van der Waals surface area (Å²) in [6.45, 7) is 0.690. The lowest BCUT2D eigenvalue weighted by molar-refractivity contribution is -0.130. The number of thiophene rings is 2. The van der Waals surface area contributed by atoms with Gasteiger partial charge in [0.15, 0.2) is 4.34 Å². The molecule has 0 aliphatic carbocycles. The van der Waals surface area contributed by atoms with Crippen molar-refractivity contribution in [2.75, 3.05) is 11.1 Å². The maximum atomic E-state index is 13.1. The standard InChI is InChI=1S/C22H19N5OS4/c28-20(14-31-22-25-24-21(32-22)23-13-15-6-2-1-3-7-15)27-17(19-9-5-11-30-19)12-16(26-27)18-8-4-10-29-18/h1-11,17H,12-14H2,(H,23,24). The lowest BCUT2D eigenvalue weighted by Crippen LogP contribution is -2.28. The summed E-state index contributed by atoms with van der Waals surface area (Å²) in [5.41, 5.74) is 2.15. The first kappa shape index (κ1) is 21.3. The molecule has 0 bridgehead atoms. The van der Waals surface area contributed by atoms with Crippen molar-refractivity contribution in [3.8, 4) is 0 Å². The Kier molecular flexibility index (Phi) is 6.63. The third-order valence-corrected chi connectivity index (χ3v) is 8.75. The van der Waals surface area contributed by atoms with E-state index in [9.17, 15) is 4.79 Å². The maximum absolute atomic E-state index is 13.1. The zero-order valence-corrected chi connectivity index (χ0v) is 20.1. The number of carbonyl (C=O) groups is 1. The number of carbonyl (C=O) groups excluding carboxylic acids is 1. The van der Waals surface area contributed by atoms with E-state index in [1.54, 1.807) is 27.7 Å². The molecule has 4 aromatic rings. The van der Waals surface area contributed by atoms with Crippen molar-refractivity contribution in [2.45, 2.75) is 23.3 Å². The highest BCUT2D eigenvalue weighted by atomic mass is 32.2. The summed E-state index contributed by atoms with van der Waals surface area (Å²) in [6, 6.07) is 18.3. The number of nitrogens with one attached hydrogen (secondary N) is 1. The second-order valence-corrected chi connectivity index (χ2v) is 11.1. The van der Waals surface area contributed by atoms with Gasteiger partial charge in [-0.2, -0.15) is 5.10 Å². The summed E-state index contributed by atoms with van der Waals surface area (Å²) in [7, 11) is 0. The fourth-order valence-corrected chi connectivity index (χ4v) is 6.47. The van der Waals surface area contributed by atoms with Crippen molar-refractivity contribution in [3.05, 3.63) is 80.7 Å². The van der Waals surface area contributed by atoms with Gasteiger partial charge < -0.3 is 5.32 Å². The fraction of sp³-hybridized carbons (Fsp3) is 0.182.